The lowest BCUT2D eigenvalue weighted by Gasteiger charge is -2.40. The van der Waals surface area contributed by atoms with Crippen molar-refractivity contribution in [1.82, 2.24) is 0 Å². The minimum atomic E-state index is -3.88. The van der Waals surface area contributed by atoms with Crippen molar-refractivity contribution in [2.24, 2.45) is 23.7 Å². The molecular formula is C10H20O3S. The van der Waals surface area contributed by atoms with Crippen molar-refractivity contribution in [2.45, 2.75) is 39.4 Å². The zero-order chi connectivity index (χ0) is 11.1. The first-order valence-electron chi connectivity index (χ1n) is 5.21. The Kier molecular flexibility index (Phi) is 3.26. The van der Waals surface area contributed by atoms with Gasteiger partial charge in [0.2, 0.25) is 0 Å². The van der Waals surface area contributed by atoms with Crippen LogP contribution in [0.15, 0.2) is 0 Å². The molecular weight excluding hydrogens is 200 g/mol. The topological polar surface area (TPSA) is 54.4 Å². The van der Waals surface area contributed by atoms with E-state index >= 15 is 0 Å². The lowest BCUT2D eigenvalue weighted by atomic mass is 9.70. The van der Waals surface area contributed by atoms with Crippen LogP contribution >= 0.6 is 0 Å². The molecule has 5 atom stereocenters. The van der Waals surface area contributed by atoms with Gasteiger partial charge in [0.25, 0.3) is 10.1 Å². The predicted octanol–water partition coefficient (Wildman–Crippen LogP) is 2.19. The average Bonchev–Trinajstić information content (AvgIpc) is 1.97. The Balaban J connectivity index is 2.96. The molecule has 4 heteroatoms. The summed E-state index contributed by atoms with van der Waals surface area (Å²) in [5, 5.41) is -0.575. The second-order valence-corrected chi connectivity index (χ2v) is 6.46. The van der Waals surface area contributed by atoms with Gasteiger partial charge in [-0.3, -0.25) is 4.55 Å². The zero-order valence-corrected chi connectivity index (χ0v) is 10.1. The van der Waals surface area contributed by atoms with E-state index in [1.54, 1.807) is 0 Å². The minimum Gasteiger partial charge on any atom is -0.285 e. The Morgan fingerprint density at radius 2 is 1.50 bits per heavy atom. The Morgan fingerprint density at radius 3 is 1.93 bits per heavy atom. The summed E-state index contributed by atoms with van der Waals surface area (Å²) in [6.07, 6.45) is 0.885. The van der Waals surface area contributed by atoms with Gasteiger partial charge in [0.05, 0.1) is 5.25 Å². The summed E-state index contributed by atoms with van der Waals surface area (Å²) in [7, 11) is -3.88. The van der Waals surface area contributed by atoms with Crippen LogP contribution in [-0.4, -0.2) is 18.2 Å². The van der Waals surface area contributed by atoms with Crippen molar-refractivity contribution in [2.75, 3.05) is 0 Å². The van der Waals surface area contributed by atoms with E-state index in [1.807, 2.05) is 13.8 Å². The molecule has 0 aliphatic heterocycles. The molecule has 1 aliphatic carbocycles. The largest absolute Gasteiger partial charge is 0.285 e. The summed E-state index contributed by atoms with van der Waals surface area (Å²) < 4.78 is 31.6. The van der Waals surface area contributed by atoms with Gasteiger partial charge in [-0.05, 0) is 30.1 Å². The van der Waals surface area contributed by atoms with E-state index in [9.17, 15) is 8.42 Å². The molecule has 14 heavy (non-hydrogen) atoms. The summed E-state index contributed by atoms with van der Waals surface area (Å²) in [5.74, 6) is 1.01. The highest BCUT2D eigenvalue weighted by Gasteiger charge is 2.42. The van der Waals surface area contributed by atoms with Gasteiger partial charge in [-0.2, -0.15) is 8.42 Å². The molecule has 4 unspecified atom stereocenters. The van der Waals surface area contributed by atoms with Crippen LogP contribution in [0.4, 0.5) is 0 Å². The van der Waals surface area contributed by atoms with E-state index in [1.165, 1.54) is 0 Å². The van der Waals surface area contributed by atoms with E-state index in [0.29, 0.717) is 11.8 Å². The molecule has 0 saturated heterocycles. The van der Waals surface area contributed by atoms with Gasteiger partial charge in [-0.15, -0.1) is 0 Å². The Labute approximate surface area is 86.6 Å². The minimum absolute atomic E-state index is 0.0451. The maximum atomic E-state index is 11.2. The highest BCUT2D eigenvalue weighted by Crippen LogP contribution is 2.40. The second kappa shape index (κ2) is 3.81. The molecule has 84 valence electrons. The van der Waals surface area contributed by atoms with Crippen LogP contribution in [0.1, 0.15) is 34.1 Å². The van der Waals surface area contributed by atoms with Crippen LogP contribution in [0.3, 0.4) is 0 Å². The molecule has 1 saturated carbocycles. The normalized spacial score (nSPS) is 45.1. The molecule has 0 spiro atoms. The lowest BCUT2D eigenvalue weighted by molar-refractivity contribution is 0.150. The average molecular weight is 220 g/mol. The predicted molar refractivity (Wildman–Crippen MR) is 56.6 cm³/mol. The van der Waals surface area contributed by atoms with Crippen LogP contribution in [0.2, 0.25) is 0 Å². The van der Waals surface area contributed by atoms with Crippen molar-refractivity contribution < 1.29 is 13.0 Å². The molecule has 0 radical (unpaired) electrons. The van der Waals surface area contributed by atoms with E-state index in [2.05, 4.69) is 13.8 Å². The number of hydrogen-bond donors (Lipinski definition) is 1. The highest BCUT2D eigenvalue weighted by molar-refractivity contribution is 7.86. The van der Waals surface area contributed by atoms with Gasteiger partial charge in [0, 0.05) is 0 Å². The van der Waals surface area contributed by atoms with Crippen molar-refractivity contribution in [3.05, 3.63) is 0 Å². The Hall–Kier alpha value is -0.0900. The zero-order valence-electron chi connectivity index (χ0n) is 9.27. The van der Waals surface area contributed by atoms with E-state index < -0.39 is 15.4 Å². The molecule has 0 aromatic rings. The maximum Gasteiger partial charge on any atom is 0.268 e. The van der Waals surface area contributed by atoms with Gasteiger partial charge in [-0.1, -0.05) is 27.7 Å². The van der Waals surface area contributed by atoms with Crippen molar-refractivity contribution in [3.63, 3.8) is 0 Å². The number of rotatable bonds is 1. The first-order chi connectivity index (χ1) is 6.25. The van der Waals surface area contributed by atoms with Crippen LogP contribution in [0, 0.1) is 23.7 Å². The van der Waals surface area contributed by atoms with Crippen molar-refractivity contribution in [3.8, 4) is 0 Å². The summed E-state index contributed by atoms with van der Waals surface area (Å²) in [6.45, 7) is 8.06. The fourth-order valence-corrected chi connectivity index (χ4v) is 4.32. The summed E-state index contributed by atoms with van der Waals surface area (Å²) in [4.78, 5) is 0. The van der Waals surface area contributed by atoms with Gasteiger partial charge in [-0.25, -0.2) is 0 Å². The summed E-state index contributed by atoms with van der Waals surface area (Å²) >= 11 is 0. The van der Waals surface area contributed by atoms with Gasteiger partial charge < -0.3 is 0 Å². The second-order valence-electron chi connectivity index (χ2n) is 4.89. The summed E-state index contributed by atoms with van der Waals surface area (Å²) in [5.41, 5.74) is 0. The third kappa shape index (κ3) is 2.11. The summed E-state index contributed by atoms with van der Waals surface area (Å²) in [6, 6.07) is 0. The third-order valence-corrected chi connectivity index (χ3v) is 5.48. The van der Waals surface area contributed by atoms with Crippen LogP contribution in [0.25, 0.3) is 0 Å². The van der Waals surface area contributed by atoms with E-state index in [0.717, 1.165) is 6.42 Å². The van der Waals surface area contributed by atoms with Gasteiger partial charge in [0.15, 0.2) is 0 Å². The molecule has 1 fully saturated rings. The Morgan fingerprint density at radius 1 is 1.00 bits per heavy atom. The molecule has 1 N–H and O–H groups in total. The fourth-order valence-electron chi connectivity index (χ4n) is 2.84. The van der Waals surface area contributed by atoms with Crippen molar-refractivity contribution in [1.29, 1.82) is 0 Å². The van der Waals surface area contributed by atoms with Crippen LogP contribution in [-0.2, 0) is 10.1 Å². The third-order valence-electron chi connectivity index (χ3n) is 3.89. The first-order valence-corrected chi connectivity index (χ1v) is 6.71. The molecule has 3 nitrogen and oxygen atoms in total. The smallest absolute Gasteiger partial charge is 0.268 e. The van der Waals surface area contributed by atoms with Gasteiger partial charge in [0.1, 0.15) is 0 Å². The van der Waals surface area contributed by atoms with Crippen LogP contribution in [0.5, 0.6) is 0 Å². The van der Waals surface area contributed by atoms with E-state index in [4.69, 9.17) is 4.55 Å². The quantitative estimate of drug-likeness (QED) is 0.689. The van der Waals surface area contributed by atoms with Gasteiger partial charge >= 0.3 is 0 Å². The SMILES string of the molecule is CC1CC(C)[C@@H](C)C(C)C1S(=O)(=O)O. The molecule has 0 heterocycles. The highest BCUT2D eigenvalue weighted by atomic mass is 32.2. The maximum absolute atomic E-state index is 11.2. The van der Waals surface area contributed by atoms with Crippen molar-refractivity contribution >= 4 is 10.1 Å². The molecule has 1 aliphatic rings. The Bertz CT molecular complexity index is 296. The monoisotopic (exact) mass is 220 g/mol. The standard InChI is InChI=1S/C10H20O3S/c1-6-5-7(2)10(14(11,12)13)9(4)8(6)3/h6-10H,5H2,1-4H3,(H,11,12,13)/t6?,7?,8-,9?,10?/m1/s1. The molecule has 0 amide bonds. The molecule has 0 aromatic carbocycles. The fraction of sp³-hybridized carbons (Fsp3) is 1.00. The molecule has 0 bridgehead atoms. The lowest BCUT2D eigenvalue weighted by Crippen LogP contribution is -2.44. The first kappa shape index (κ1) is 12.0. The van der Waals surface area contributed by atoms with Crippen LogP contribution < -0.4 is 0 Å². The molecule has 1 rings (SSSR count). The number of hydrogen-bond acceptors (Lipinski definition) is 2. The molecule has 0 aromatic heterocycles. The van der Waals surface area contributed by atoms with E-state index in [-0.39, 0.29) is 11.8 Å².